The maximum Gasteiger partial charge on any atom is 0.173 e. The molecule has 0 atom stereocenters. The Morgan fingerprint density at radius 3 is 2.48 bits per heavy atom. The third-order valence-corrected chi connectivity index (χ3v) is 5.70. The number of thiocarbonyl (C=S) groups is 1. The zero-order valence-electron chi connectivity index (χ0n) is 16.6. The Morgan fingerprint density at radius 2 is 1.66 bits per heavy atom. The van der Waals surface area contributed by atoms with Crippen LogP contribution in [0.2, 0.25) is 0 Å². The molecule has 3 aromatic carbocycles. The van der Waals surface area contributed by atoms with E-state index in [1.54, 1.807) is 0 Å². The molecule has 1 fully saturated rings. The number of hydrogen-bond acceptors (Lipinski definition) is 3. The molecule has 150 valence electrons. The molecule has 0 saturated carbocycles. The fourth-order valence-electron chi connectivity index (χ4n) is 3.70. The van der Waals surface area contributed by atoms with E-state index in [4.69, 9.17) is 17.0 Å². The fraction of sp³-hybridized carbons (Fsp3) is 0.292. The van der Waals surface area contributed by atoms with Crippen LogP contribution < -0.4 is 5.32 Å². The lowest BCUT2D eigenvalue weighted by Crippen LogP contribution is -2.44. The van der Waals surface area contributed by atoms with Crippen molar-refractivity contribution < 1.29 is 4.74 Å². The summed E-state index contributed by atoms with van der Waals surface area (Å²) < 4.78 is 5.48. The van der Waals surface area contributed by atoms with Crippen LogP contribution in [0.5, 0.6) is 0 Å². The average Bonchev–Trinajstić information content (AvgIpc) is 2.78. The van der Waals surface area contributed by atoms with E-state index in [-0.39, 0.29) is 0 Å². The molecular formula is C24H27N3OS. The molecule has 0 aliphatic carbocycles. The van der Waals surface area contributed by atoms with Crippen LogP contribution in [0.15, 0.2) is 72.8 Å². The van der Waals surface area contributed by atoms with Gasteiger partial charge in [0.05, 0.1) is 13.2 Å². The summed E-state index contributed by atoms with van der Waals surface area (Å²) in [5, 5.41) is 6.72. The van der Waals surface area contributed by atoms with Crippen molar-refractivity contribution in [1.82, 2.24) is 9.80 Å². The Labute approximate surface area is 178 Å². The van der Waals surface area contributed by atoms with E-state index in [9.17, 15) is 0 Å². The first-order valence-electron chi connectivity index (χ1n) is 10.2. The third-order valence-electron chi connectivity index (χ3n) is 5.34. The lowest BCUT2D eigenvalue weighted by molar-refractivity contribution is 0.0358. The van der Waals surface area contributed by atoms with Crippen LogP contribution in [-0.4, -0.2) is 54.3 Å². The van der Waals surface area contributed by atoms with Crippen molar-refractivity contribution in [2.45, 2.75) is 6.54 Å². The van der Waals surface area contributed by atoms with Gasteiger partial charge in [0, 0.05) is 38.4 Å². The van der Waals surface area contributed by atoms with E-state index < -0.39 is 0 Å². The maximum absolute atomic E-state index is 5.82. The molecule has 0 spiro atoms. The molecule has 0 unspecified atom stereocenters. The quantitative estimate of drug-likeness (QED) is 0.615. The zero-order valence-corrected chi connectivity index (χ0v) is 17.4. The van der Waals surface area contributed by atoms with Gasteiger partial charge in [0.2, 0.25) is 0 Å². The van der Waals surface area contributed by atoms with Crippen LogP contribution in [-0.2, 0) is 11.3 Å². The monoisotopic (exact) mass is 405 g/mol. The summed E-state index contributed by atoms with van der Waals surface area (Å²) in [5.74, 6) is 0. The van der Waals surface area contributed by atoms with E-state index in [0.717, 1.165) is 56.7 Å². The van der Waals surface area contributed by atoms with E-state index >= 15 is 0 Å². The van der Waals surface area contributed by atoms with Gasteiger partial charge in [-0.15, -0.1) is 0 Å². The van der Waals surface area contributed by atoms with Gasteiger partial charge >= 0.3 is 0 Å². The van der Waals surface area contributed by atoms with Crippen LogP contribution >= 0.6 is 12.2 Å². The summed E-state index contributed by atoms with van der Waals surface area (Å²) in [6, 6.07) is 25.2. The number of ether oxygens (including phenoxy) is 1. The Bertz CT molecular complexity index is 936. The highest BCUT2D eigenvalue weighted by molar-refractivity contribution is 7.80. The predicted octanol–water partition coefficient (Wildman–Crippen LogP) is 4.37. The van der Waals surface area contributed by atoms with Crippen molar-refractivity contribution in [2.24, 2.45) is 0 Å². The molecule has 1 N–H and O–H groups in total. The van der Waals surface area contributed by atoms with Crippen LogP contribution in [0.1, 0.15) is 5.56 Å². The number of nitrogens with zero attached hydrogens (tertiary/aromatic N) is 2. The average molecular weight is 406 g/mol. The van der Waals surface area contributed by atoms with Gasteiger partial charge in [0.1, 0.15) is 0 Å². The van der Waals surface area contributed by atoms with Crippen molar-refractivity contribution in [1.29, 1.82) is 0 Å². The fourth-order valence-corrected chi connectivity index (χ4v) is 3.97. The summed E-state index contributed by atoms with van der Waals surface area (Å²) in [7, 11) is 0. The summed E-state index contributed by atoms with van der Waals surface area (Å²) in [6.45, 7) is 6.24. The topological polar surface area (TPSA) is 27.7 Å². The number of para-hydroxylation sites is 1. The summed E-state index contributed by atoms with van der Waals surface area (Å²) >= 11 is 5.82. The van der Waals surface area contributed by atoms with Crippen LogP contribution in [0.3, 0.4) is 0 Å². The second-order valence-corrected chi connectivity index (χ2v) is 7.70. The molecule has 0 aromatic heterocycles. The molecule has 1 saturated heterocycles. The van der Waals surface area contributed by atoms with Crippen molar-refractivity contribution in [3.8, 4) is 0 Å². The second-order valence-electron chi connectivity index (χ2n) is 7.31. The molecule has 0 radical (unpaired) electrons. The van der Waals surface area contributed by atoms with Gasteiger partial charge in [0.15, 0.2) is 5.11 Å². The SMILES string of the molecule is S=C(Nc1ccccc1)N(CCN1CCOCC1)Cc1cccc2ccccc12. The van der Waals surface area contributed by atoms with E-state index in [1.807, 2.05) is 30.3 Å². The predicted molar refractivity (Wildman–Crippen MR) is 124 cm³/mol. The van der Waals surface area contributed by atoms with Gasteiger partial charge in [-0.25, -0.2) is 0 Å². The number of benzene rings is 3. The summed E-state index contributed by atoms with van der Waals surface area (Å²) in [4.78, 5) is 4.73. The number of morpholine rings is 1. The summed E-state index contributed by atoms with van der Waals surface area (Å²) in [5.41, 5.74) is 2.31. The Kier molecular flexibility index (Phi) is 6.72. The molecule has 1 aliphatic rings. The van der Waals surface area contributed by atoms with Crippen LogP contribution in [0.4, 0.5) is 5.69 Å². The molecule has 3 aromatic rings. The first-order valence-corrected chi connectivity index (χ1v) is 10.6. The third kappa shape index (κ3) is 5.32. The highest BCUT2D eigenvalue weighted by Crippen LogP contribution is 2.20. The van der Waals surface area contributed by atoms with Crippen LogP contribution in [0.25, 0.3) is 10.8 Å². The molecule has 1 heterocycles. The molecular weight excluding hydrogens is 378 g/mol. The molecule has 0 amide bonds. The van der Waals surface area contributed by atoms with Gasteiger partial charge in [-0.1, -0.05) is 60.7 Å². The smallest absolute Gasteiger partial charge is 0.173 e. The van der Waals surface area contributed by atoms with Gasteiger partial charge in [-0.3, -0.25) is 4.90 Å². The molecule has 5 heteroatoms. The van der Waals surface area contributed by atoms with E-state index in [2.05, 4.69) is 57.6 Å². The standard InChI is InChI=1S/C24H27N3OS/c29-24(25-22-10-2-1-3-11-22)27(14-13-26-15-17-28-18-16-26)19-21-9-6-8-20-7-4-5-12-23(20)21/h1-12H,13-19H2,(H,25,29). The first kappa shape index (κ1) is 19.8. The van der Waals surface area contributed by atoms with Gasteiger partial charge < -0.3 is 15.0 Å². The van der Waals surface area contributed by atoms with Crippen molar-refractivity contribution in [2.75, 3.05) is 44.7 Å². The maximum atomic E-state index is 5.82. The lowest BCUT2D eigenvalue weighted by Gasteiger charge is -2.31. The minimum atomic E-state index is 0.761. The second kappa shape index (κ2) is 9.83. The normalized spacial score (nSPS) is 14.6. The highest BCUT2D eigenvalue weighted by atomic mass is 32.1. The highest BCUT2D eigenvalue weighted by Gasteiger charge is 2.16. The van der Waals surface area contributed by atoms with E-state index in [0.29, 0.717) is 0 Å². The minimum Gasteiger partial charge on any atom is -0.379 e. The number of hydrogen-bond donors (Lipinski definition) is 1. The number of anilines is 1. The first-order chi connectivity index (χ1) is 14.3. The number of rotatable bonds is 6. The molecule has 1 aliphatic heterocycles. The van der Waals surface area contributed by atoms with Gasteiger partial charge in [-0.2, -0.15) is 0 Å². The minimum absolute atomic E-state index is 0.761. The van der Waals surface area contributed by atoms with Crippen molar-refractivity contribution >= 4 is 33.8 Å². The van der Waals surface area contributed by atoms with Gasteiger partial charge in [0.25, 0.3) is 0 Å². The van der Waals surface area contributed by atoms with Crippen LogP contribution in [0, 0.1) is 0 Å². The molecule has 29 heavy (non-hydrogen) atoms. The number of nitrogens with one attached hydrogen (secondary N) is 1. The number of fused-ring (bicyclic) bond motifs is 1. The Balaban J connectivity index is 1.52. The van der Waals surface area contributed by atoms with Crippen molar-refractivity contribution in [3.05, 3.63) is 78.4 Å². The molecule has 4 rings (SSSR count). The Morgan fingerprint density at radius 1 is 0.931 bits per heavy atom. The van der Waals surface area contributed by atoms with Crippen molar-refractivity contribution in [3.63, 3.8) is 0 Å². The summed E-state index contributed by atoms with van der Waals surface area (Å²) in [6.07, 6.45) is 0. The molecule has 4 nitrogen and oxygen atoms in total. The lowest BCUT2D eigenvalue weighted by atomic mass is 10.0. The largest absolute Gasteiger partial charge is 0.379 e. The van der Waals surface area contributed by atoms with E-state index in [1.165, 1.54) is 16.3 Å². The van der Waals surface area contributed by atoms with Gasteiger partial charge in [-0.05, 0) is 40.7 Å². The zero-order chi connectivity index (χ0) is 19.9. The molecule has 0 bridgehead atoms. The Hall–Kier alpha value is -2.47.